The van der Waals surface area contributed by atoms with Gasteiger partial charge in [-0.15, -0.1) is 0 Å². The van der Waals surface area contributed by atoms with Crippen LogP contribution in [-0.4, -0.2) is 73.2 Å². The van der Waals surface area contributed by atoms with Crippen LogP contribution < -0.4 is 0 Å². The first-order valence-corrected chi connectivity index (χ1v) is 27.2. The number of amides is 1. The highest BCUT2D eigenvalue weighted by molar-refractivity contribution is 5.76. The molecule has 0 aromatic heterocycles. The summed E-state index contributed by atoms with van der Waals surface area (Å²) in [6.45, 7) is 7.78. The van der Waals surface area contributed by atoms with Crippen molar-refractivity contribution in [2.75, 3.05) is 46.1 Å². The molecule has 0 bridgehead atoms. The van der Waals surface area contributed by atoms with E-state index in [0.29, 0.717) is 13.0 Å². The summed E-state index contributed by atoms with van der Waals surface area (Å²) in [5.41, 5.74) is 0. The number of aliphatic hydroxyl groups excluding tert-OH is 2. The topological polar surface area (TPSA) is 79.2 Å². The monoisotopic (exact) mass is 862 g/mol. The molecule has 362 valence electrons. The Hall–Kier alpha value is -1.21. The zero-order valence-electron chi connectivity index (χ0n) is 41.2. The molecule has 0 spiro atoms. The summed E-state index contributed by atoms with van der Waals surface area (Å²) >= 11 is 0. The maximum absolute atomic E-state index is 12.8. The van der Waals surface area contributed by atoms with Gasteiger partial charge in [0.1, 0.15) is 0 Å². The van der Waals surface area contributed by atoms with Crippen molar-refractivity contribution in [1.82, 2.24) is 4.90 Å². The second-order valence-corrected chi connectivity index (χ2v) is 18.4. The van der Waals surface area contributed by atoms with Crippen molar-refractivity contribution in [3.63, 3.8) is 0 Å². The first kappa shape index (κ1) is 59.8. The van der Waals surface area contributed by atoms with E-state index < -0.39 is 6.10 Å². The molecule has 0 aromatic rings. The van der Waals surface area contributed by atoms with E-state index in [1.165, 1.54) is 225 Å². The van der Waals surface area contributed by atoms with Crippen LogP contribution in [0, 0.1) is 0 Å². The fourth-order valence-corrected chi connectivity index (χ4v) is 8.24. The Bertz CT molecular complexity index is 893. The lowest BCUT2D eigenvalue weighted by molar-refractivity contribution is -0.134. The van der Waals surface area contributed by atoms with Crippen LogP contribution in [0.25, 0.3) is 0 Å². The molecule has 0 aliphatic heterocycles. The highest BCUT2D eigenvalue weighted by atomic mass is 16.5. The van der Waals surface area contributed by atoms with Gasteiger partial charge < -0.3 is 24.6 Å². The van der Waals surface area contributed by atoms with E-state index in [4.69, 9.17) is 9.47 Å². The fourth-order valence-electron chi connectivity index (χ4n) is 8.24. The van der Waals surface area contributed by atoms with Gasteiger partial charge in [-0.3, -0.25) is 4.79 Å². The number of nitrogens with zero attached hydrogens (tertiary/aromatic N) is 1. The number of ether oxygens (including phenoxy) is 2. The molecule has 0 rings (SSSR count). The van der Waals surface area contributed by atoms with Crippen LogP contribution in [0.2, 0.25) is 0 Å². The summed E-state index contributed by atoms with van der Waals surface area (Å²) in [4.78, 5) is 14.4. The van der Waals surface area contributed by atoms with Crippen molar-refractivity contribution in [2.24, 2.45) is 0 Å². The van der Waals surface area contributed by atoms with Crippen molar-refractivity contribution >= 4 is 5.91 Å². The van der Waals surface area contributed by atoms with Crippen LogP contribution in [0.5, 0.6) is 0 Å². The molecule has 2 N–H and O–H groups in total. The van der Waals surface area contributed by atoms with E-state index in [-0.39, 0.29) is 32.2 Å². The molecule has 6 nitrogen and oxygen atoms in total. The largest absolute Gasteiger partial charge is 0.395 e. The molecule has 1 amide bonds. The minimum Gasteiger partial charge on any atom is -0.395 e. The van der Waals surface area contributed by atoms with Crippen molar-refractivity contribution < 1.29 is 24.5 Å². The van der Waals surface area contributed by atoms with Gasteiger partial charge in [-0.25, -0.2) is 0 Å². The Morgan fingerprint density at radius 1 is 0.459 bits per heavy atom. The predicted molar refractivity (Wildman–Crippen MR) is 266 cm³/mol. The van der Waals surface area contributed by atoms with Crippen LogP contribution in [0.1, 0.15) is 271 Å². The second kappa shape index (κ2) is 53.1. The third-order valence-corrected chi connectivity index (χ3v) is 12.3. The van der Waals surface area contributed by atoms with E-state index in [2.05, 4.69) is 38.2 Å². The fraction of sp³-hybridized carbons (Fsp3) is 0.909. The van der Waals surface area contributed by atoms with Crippen LogP contribution in [-0.2, 0) is 14.3 Å². The maximum atomic E-state index is 12.8. The van der Waals surface area contributed by atoms with Gasteiger partial charge in [-0.1, -0.05) is 231 Å². The summed E-state index contributed by atoms with van der Waals surface area (Å²) in [7, 11) is 0. The highest BCUT2D eigenvalue weighted by Gasteiger charge is 2.17. The molecule has 6 heteroatoms. The lowest BCUT2D eigenvalue weighted by Crippen LogP contribution is -2.40. The lowest BCUT2D eigenvalue weighted by Gasteiger charge is -2.24. The average molecular weight is 862 g/mol. The Balaban J connectivity index is 3.47. The molecule has 1 atom stereocenters. The minimum absolute atomic E-state index is 0.0374. The van der Waals surface area contributed by atoms with Gasteiger partial charge in [0, 0.05) is 39.3 Å². The zero-order valence-corrected chi connectivity index (χ0v) is 41.2. The van der Waals surface area contributed by atoms with Crippen molar-refractivity contribution in [3.05, 3.63) is 24.3 Å². The molecular formula is C55H107NO5. The minimum atomic E-state index is -0.706. The number of carbonyl (C=O) groups is 1. The summed E-state index contributed by atoms with van der Waals surface area (Å²) in [5, 5.41) is 20.0. The number of unbranched alkanes of at least 4 members (excludes halogenated alkanes) is 34. The first-order chi connectivity index (χ1) is 30.2. The van der Waals surface area contributed by atoms with Crippen molar-refractivity contribution in [3.8, 4) is 0 Å². The Kier molecular flexibility index (Phi) is 52.1. The number of rotatable bonds is 52. The first-order valence-electron chi connectivity index (χ1n) is 27.2. The van der Waals surface area contributed by atoms with Crippen LogP contribution in [0.3, 0.4) is 0 Å². The second-order valence-electron chi connectivity index (χ2n) is 18.4. The molecule has 0 saturated carbocycles. The molecule has 0 aliphatic rings. The van der Waals surface area contributed by atoms with Crippen molar-refractivity contribution in [1.29, 1.82) is 0 Å². The van der Waals surface area contributed by atoms with Crippen LogP contribution in [0.15, 0.2) is 24.3 Å². The lowest BCUT2D eigenvalue weighted by atomic mass is 10.0. The SMILES string of the molecule is CCCCCC=CCC=CCCCCCCCCOCCCCCCCCCCCCCCCC(=O)N(CCO)CC(O)COCCCCCCCCCCCCCCCC. The molecule has 0 aromatic carbocycles. The summed E-state index contributed by atoms with van der Waals surface area (Å²) in [6.07, 6.45) is 59.6. The Labute approximate surface area is 381 Å². The van der Waals surface area contributed by atoms with E-state index in [1.807, 2.05) is 0 Å². The van der Waals surface area contributed by atoms with Gasteiger partial charge in [0.05, 0.1) is 19.3 Å². The van der Waals surface area contributed by atoms with Gasteiger partial charge in [-0.05, 0) is 57.8 Å². The van der Waals surface area contributed by atoms with Crippen LogP contribution in [0.4, 0.5) is 0 Å². The predicted octanol–water partition coefficient (Wildman–Crippen LogP) is 16.0. The van der Waals surface area contributed by atoms with E-state index in [9.17, 15) is 15.0 Å². The zero-order chi connectivity index (χ0) is 44.2. The molecular weight excluding hydrogens is 755 g/mol. The Morgan fingerprint density at radius 3 is 1.23 bits per heavy atom. The van der Waals surface area contributed by atoms with Crippen LogP contribution >= 0.6 is 0 Å². The number of carbonyl (C=O) groups excluding carboxylic acids is 1. The molecule has 0 radical (unpaired) electrons. The third-order valence-electron chi connectivity index (χ3n) is 12.3. The number of aliphatic hydroxyl groups is 2. The smallest absolute Gasteiger partial charge is 0.222 e. The number of hydrogen-bond donors (Lipinski definition) is 2. The van der Waals surface area contributed by atoms with Gasteiger partial charge in [-0.2, -0.15) is 0 Å². The standard InChI is InChI=1S/C55H107NO5/c1-3-5-7-9-11-13-15-17-19-20-24-27-31-35-39-43-49-60-50-44-40-36-32-28-25-21-22-26-30-34-38-42-46-55(59)56(47-48-57)52-54(58)53-61-51-45-41-37-33-29-23-18-16-14-12-10-8-6-4-2/h11,13,17,19,54,57-58H,3-10,12,14-16,18,20-53H2,1-2H3. The summed E-state index contributed by atoms with van der Waals surface area (Å²) in [6, 6.07) is 0. The number of allylic oxidation sites excluding steroid dienone is 4. The molecule has 0 fully saturated rings. The summed E-state index contributed by atoms with van der Waals surface area (Å²) in [5.74, 6) is 0.0374. The molecule has 0 aliphatic carbocycles. The summed E-state index contributed by atoms with van der Waals surface area (Å²) < 4.78 is 11.6. The van der Waals surface area contributed by atoms with Crippen molar-refractivity contribution in [2.45, 2.75) is 277 Å². The normalized spacial score (nSPS) is 12.4. The highest BCUT2D eigenvalue weighted by Crippen LogP contribution is 2.16. The Morgan fingerprint density at radius 2 is 0.803 bits per heavy atom. The van der Waals surface area contributed by atoms with E-state index >= 15 is 0 Å². The van der Waals surface area contributed by atoms with Gasteiger partial charge >= 0.3 is 0 Å². The number of hydrogen-bond acceptors (Lipinski definition) is 5. The molecule has 0 heterocycles. The average Bonchev–Trinajstić information content (AvgIpc) is 3.26. The van der Waals surface area contributed by atoms with E-state index in [0.717, 1.165) is 38.9 Å². The quantitative estimate of drug-likeness (QED) is 0.0470. The maximum Gasteiger partial charge on any atom is 0.222 e. The van der Waals surface area contributed by atoms with Gasteiger partial charge in [0.15, 0.2) is 0 Å². The molecule has 1 unspecified atom stereocenters. The van der Waals surface area contributed by atoms with Gasteiger partial charge in [0.25, 0.3) is 0 Å². The van der Waals surface area contributed by atoms with Gasteiger partial charge in [0.2, 0.25) is 5.91 Å². The molecule has 61 heavy (non-hydrogen) atoms. The third kappa shape index (κ3) is 49.7. The molecule has 0 saturated heterocycles. The van der Waals surface area contributed by atoms with E-state index in [1.54, 1.807) is 4.90 Å².